The van der Waals surface area contributed by atoms with E-state index in [1.807, 2.05) is 0 Å². The van der Waals surface area contributed by atoms with Crippen molar-refractivity contribution >= 4 is 27.7 Å². The summed E-state index contributed by atoms with van der Waals surface area (Å²) >= 11 is 3.14. The van der Waals surface area contributed by atoms with Crippen molar-refractivity contribution in [1.82, 2.24) is 0 Å². The second kappa shape index (κ2) is 6.69. The van der Waals surface area contributed by atoms with Crippen LogP contribution in [0.5, 0.6) is 0 Å². The van der Waals surface area contributed by atoms with E-state index < -0.39 is 11.4 Å². The molecule has 21 heavy (non-hydrogen) atoms. The zero-order chi connectivity index (χ0) is 15.5. The van der Waals surface area contributed by atoms with E-state index in [9.17, 15) is 14.0 Å². The van der Waals surface area contributed by atoms with E-state index in [0.29, 0.717) is 17.3 Å². The smallest absolute Gasteiger partial charge is 0.319 e. The van der Waals surface area contributed by atoms with Gasteiger partial charge in [0.1, 0.15) is 11.2 Å². The Kier molecular flexibility index (Phi) is 5.14. The van der Waals surface area contributed by atoms with Crippen LogP contribution in [0.4, 0.5) is 4.39 Å². The van der Waals surface area contributed by atoms with E-state index in [1.165, 1.54) is 6.07 Å². The lowest BCUT2D eigenvalue weighted by atomic mass is 9.69. The lowest BCUT2D eigenvalue weighted by molar-refractivity contribution is -0.162. The summed E-state index contributed by atoms with van der Waals surface area (Å²) in [6, 6.07) is 4.58. The molecule has 3 nitrogen and oxygen atoms in total. The van der Waals surface area contributed by atoms with Gasteiger partial charge in [0.2, 0.25) is 0 Å². The van der Waals surface area contributed by atoms with Gasteiger partial charge in [-0.2, -0.15) is 0 Å². The molecule has 2 rings (SSSR count). The molecule has 0 amide bonds. The van der Waals surface area contributed by atoms with Crippen LogP contribution in [0.3, 0.4) is 0 Å². The number of hydrogen-bond donors (Lipinski definition) is 0. The van der Waals surface area contributed by atoms with Gasteiger partial charge in [0.05, 0.1) is 11.1 Å². The van der Waals surface area contributed by atoms with Crippen LogP contribution < -0.4 is 0 Å². The summed E-state index contributed by atoms with van der Waals surface area (Å²) in [5, 5.41) is 0. The topological polar surface area (TPSA) is 43.4 Å². The lowest BCUT2D eigenvalue weighted by Crippen LogP contribution is -2.44. The van der Waals surface area contributed by atoms with E-state index in [-0.39, 0.29) is 24.6 Å². The SMILES string of the molecule is CCOC(=O)C1(Cc2ccc(F)c(Br)c2)CCCCC1=O. The highest BCUT2D eigenvalue weighted by atomic mass is 79.9. The molecule has 1 atom stereocenters. The number of carbonyl (C=O) groups excluding carboxylic acids is 2. The summed E-state index contributed by atoms with van der Waals surface area (Å²) < 4.78 is 18.8. The highest BCUT2D eigenvalue weighted by molar-refractivity contribution is 9.10. The van der Waals surface area contributed by atoms with Crippen molar-refractivity contribution in [2.75, 3.05) is 6.61 Å². The molecule has 0 bridgehead atoms. The predicted molar refractivity (Wildman–Crippen MR) is 80.3 cm³/mol. The van der Waals surface area contributed by atoms with Crippen molar-refractivity contribution in [1.29, 1.82) is 0 Å². The highest BCUT2D eigenvalue weighted by Gasteiger charge is 2.47. The van der Waals surface area contributed by atoms with Crippen LogP contribution in [0.25, 0.3) is 0 Å². The van der Waals surface area contributed by atoms with Gasteiger partial charge in [-0.05, 0) is 59.8 Å². The average Bonchev–Trinajstić information content (AvgIpc) is 2.45. The maximum Gasteiger partial charge on any atom is 0.319 e. The van der Waals surface area contributed by atoms with Gasteiger partial charge in [-0.25, -0.2) is 4.39 Å². The van der Waals surface area contributed by atoms with Gasteiger partial charge in [-0.3, -0.25) is 9.59 Å². The zero-order valence-corrected chi connectivity index (χ0v) is 13.5. The molecule has 1 saturated carbocycles. The molecular formula is C16H18BrFO3. The minimum Gasteiger partial charge on any atom is -0.465 e. The fraction of sp³-hybridized carbons (Fsp3) is 0.500. The van der Waals surface area contributed by atoms with Crippen LogP contribution in [0, 0.1) is 11.2 Å². The van der Waals surface area contributed by atoms with E-state index in [1.54, 1.807) is 19.1 Å². The lowest BCUT2D eigenvalue weighted by Gasteiger charge is -2.33. The molecule has 0 saturated heterocycles. The number of halogens is 2. The van der Waals surface area contributed by atoms with Gasteiger partial charge in [0.25, 0.3) is 0 Å². The first-order valence-corrected chi connectivity index (χ1v) is 7.93. The minimum atomic E-state index is -1.11. The molecule has 0 N–H and O–H groups in total. The van der Waals surface area contributed by atoms with E-state index in [0.717, 1.165) is 18.4 Å². The Morgan fingerprint density at radius 1 is 1.43 bits per heavy atom. The van der Waals surface area contributed by atoms with Crippen LogP contribution in [0.1, 0.15) is 38.2 Å². The Balaban J connectivity index is 2.33. The molecule has 114 valence electrons. The molecule has 0 aromatic heterocycles. The van der Waals surface area contributed by atoms with Gasteiger partial charge in [-0.15, -0.1) is 0 Å². The van der Waals surface area contributed by atoms with Crippen LogP contribution >= 0.6 is 15.9 Å². The number of hydrogen-bond acceptors (Lipinski definition) is 3. The molecule has 1 aromatic rings. The number of benzene rings is 1. The number of ketones is 1. The standard InChI is InChI=1S/C16H18BrFO3/c1-2-21-15(20)16(8-4-3-5-14(16)19)10-11-6-7-13(18)12(17)9-11/h6-7,9H,2-5,8,10H2,1H3. The maximum absolute atomic E-state index is 13.3. The minimum absolute atomic E-state index is 0.0624. The van der Waals surface area contributed by atoms with Gasteiger partial charge < -0.3 is 4.74 Å². The summed E-state index contributed by atoms with van der Waals surface area (Å²) in [4.78, 5) is 24.8. The molecule has 0 aliphatic heterocycles. The van der Waals surface area contributed by atoms with E-state index in [2.05, 4.69) is 15.9 Å². The Morgan fingerprint density at radius 2 is 2.19 bits per heavy atom. The normalized spacial score (nSPS) is 22.1. The van der Waals surface area contributed by atoms with Gasteiger partial charge >= 0.3 is 5.97 Å². The van der Waals surface area contributed by atoms with E-state index >= 15 is 0 Å². The maximum atomic E-state index is 13.3. The monoisotopic (exact) mass is 356 g/mol. The number of carbonyl (C=O) groups is 2. The van der Waals surface area contributed by atoms with Crippen LogP contribution in [0.2, 0.25) is 0 Å². The summed E-state index contributed by atoms with van der Waals surface area (Å²) in [6.45, 7) is 1.98. The highest BCUT2D eigenvalue weighted by Crippen LogP contribution is 2.38. The first-order valence-electron chi connectivity index (χ1n) is 7.14. The Hall–Kier alpha value is -1.23. The Labute approximate surface area is 132 Å². The van der Waals surface area contributed by atoms with Gasteiger partial charge in [-0.1, -0.05) is 12.5 Å². The molecule has 1 fully saturated rings. The number of ether oxygens (including phenoxy) is 1. The second-order valence-electron chi connectivity index (χ2n) is 5.36. The van der Waals surface area contributed by atoms with Crippen molar-refractivity contribution in [3.8, 4) is 0 Å². The summed E-state index contributed by atoms with van der Waals surface area (Å²) in [6.07, 6.45) is 2.81. The third-order valence-electron chi connectivity index (χ3n) is 3.95. The van der Waals surface area contributed by atoms with Crippen molar-refractivity contribution in [3.63, 3.8) is 0 Å². The van der Waals surface area contributed by atoms with Crippen LogP contribution in [-0.4, -0.2) is 18.4 Å². The molecule has 1 aromatic carbocycles. The quantitative estimate of drug-likeness (QED) is 0.608. The van der Waals surface area contributed by atoms with Crippen molar-refractivity contribution in [3.05, 3.63) is 34.1 Å². The van der Waals surface area contributed by atoms with Crippen molar-refractivity contribution < 1.29 is 18.7 Å². The average molecular weight is 357 g/mol. The summed E-state index contributed by atoms with van der Waals surface area (Å²) in [7, 11) is 0. The molecular weight excluding hydrogens is 339 g/mol. The fourth-order valence-corrected chi connectivity index (χ4v) is 3.26. The predicted octanol–water partition coefficient (Wildman–Crippen LogP) is 3.82. The molecule has 0 spiro atoms. The first-order chi connectivity index (χ1) is 9.99. The number of esters is 1. The van der Waals surface area contributed by atoms with Crippen LogP contribution in [-0.2, 0) is 20.7 Å². The second-order valence-corrected chi connectivity index (χ2v) is 6.21. The van der Waals surface area contributed by atoms with E-state index in [4.69, 9.17) is 4.74 Å². The van der Waals surface area contributed by atoms with Gasteiger partial charge in [0, 0.05) is 6.42 Å². The Bertz CT molecular complexity index is 558. The van der Waals surface area contributed by atoms with Crippen molar-refractivity contribution in [2.45, 2.75) is 39.0 Å². The largest absolute Gasteiger partial charge is 0.465 e. The molecule has 1 aliphatic rings. The third kappa shape index (κ3) is 3.34. The molecule has 0 heterocycles. The fourth-order valence-electron chi connectivity index (χ4n) is 2.83. The van der Waals surface area contributed by atoms with Gasteiger partial charge in [0.15, 0.2) is 5.78 Å². The molecule has 1 aliphatic carbocycles. The number of rotatable bonds is 4. The van der Waals surface area contributed by atoms with Crippen LogP contribution in [0.15, 0.2) is 22.7 Å². The number of Topliss-reactive ketones (excluding diaryl/α,β-unsaturated/α-hetero) is 1. The zero-order valence-electron chi connectivity index (χ0n) is 12.0. The first kappa shape index (κ1) is 16.1. The summed E-state index contributed by atoms with van der Waals surface area (Å²) in [5.41, 5.74) is -0.350. The Morgan fingerprint density at radius 3 is 2.81 bits per heavy atom. The van der Waals surface area contributed by atoms with Crippen molar-refractivity contribution in [2.24, 2.45) is 5.41 Å². The molecule has 1 unspecified atom stereocenters. The molecule has 5 heteroatoms. The third-order valence-corrected chi connectivity index (χ3v) is 4.55. The molecule has 0 radical (unpaired) electrons. The summed E-state index contributed by atoms with van der Waals surface area (Å²) in [5.74, 6) is -0.873.